The Kier molecular flexibility index (Phi) is 6.89. The van der Waals surface area contributed by atoms with Gasteiger partial charge in [-0.15, -0.1) is 0 Å². The zero-order valence-electron chi connectivity index (χ0n) is 14.2. The minimum absolute atomic E-state index is 0.0880. The zero-order valence-corrected chi connectivity index (χ0v) is 14.2. The molecule has 3 N–H and O–H groups in total. The second-order valence-electron chi connectivity index (χ2n) is 6.49. The number of nitrogens with one attached hydrogen (secondary N) is 2. The molecule has 23 heavy (non-hydrogen) atoms. The summed E-state index contributed by atoms with van der Waals surface area (Å²) in [5, 5.41) is 19.4. The van der Waals surface area contributed by atoms with Gasteiger partial charge in [0.15, 0.2) is 0 Å². The van der Waals surface area contributed by atoms with Gasteiger partial charge >= 0.3 is 6.03 Å². The number of nitrogens with zero attached hydrogens (tertiary/aromatic N) is 1. The molecule has 2 rings (SSSR count). The van der Waals surface area contributed by atoms with Crippen molar-refractivity contribution >= 4 is 6.03 Å². The van der Waals surface area contributed by atoms with Gasteiger partial charge in [0.2, 0.25) is 0 Å². The molecule has 0 saturated heterocycles. The highest BCUT2D eigenvalue weighted by Gasteiger charge is 2.24. The molecule has 6 nitrogen and oxygen atoms in total. The molecule has 6 heteroatoms. The fraction of sp³-hybridized carbons (Fsp3) is 0.765. The molecule has 1 saturated carbocycles. The first kappa shape index (κ1) is 17.8. The smallest absolute Gasteiger partial charge is 0.315 e. The van der Waals surface area contributed by atoms with Crippen molar-refractivity contribution < 1.29 is 14.4 Å². The van der Waals surface area contributed by atoms with E-state index in [1.165, 1.54) is 6.42 Å². The number of hydrogen-bond acceptors (Lipinski definition) is 4. The Bertz CT molecular complexity index is 482. The van der Waals surface area contributed by atoms with Crippen LogP contribution in [0.3, 0.4) is 0 Å². The van der Waals surface area contributed by atoms with Crippen LogP contribution < -0.4 is 10.6 Å². The van der Waals surface area contributed by atoms with Gasteiger partial charge in [-0.2, -0.15) is 0 Å². The van der Waals surface area contributed by atoms with Crippen molar-refractivity contribution in [3.8, 4) is 0 Å². The van der Waals surface area contributed by atoms with Crippen molar-refractivity contribution in [2.45, 2.75) is 64.8 Å². The normalized spacial score (nSPS) is 21.7. The number of aliphatic hydroxyl groups is 1. The predicted octanol–water partition coefficient (Wildman–Crippen LogP) is 2.46. The van der Waals surface area contributed by atoms with Crippen LogP contribution >= 0.6 is 0 Å². The van der Waals surface area contributed by atoms with Gasteiger partial charge < -0.3 is 20.3 Å². The van der Waals surface area contributed by atoms with Crippen LogP contribution in [-0.2, 0) is 6.42 Å². The molecule has 130 valence electrons. The average Bonchev–Trinajstić information content (AvgIpc) is 2.74. The van der Waals surface area contributed by atoms with Crippen molar-refractivity contribution in [2.75, 3.05) is 13.2 Å². The van der Waals surface area contributed by atoms with Gasteiger partial charge in [-0.1, -0.05) is 24.4 Å². The molecule has 2 amide bonds. The molecule has 1 heterocycles. The molecule has 0 aliphatic heterocycles. The highest BCUT2D eigenvalue weighted by Crippen LogP contribution is 2.23. The molecule has 0 aromatic carbocycles. The van der Waals surface area contributed by atoms with Crippen LogP contribution in [0, 0.1) is 19.8 Å². The summed E-state index contributed by atoms with van der Waals surface area (Å²) in [4.78, 5) is 12.0. The Balaban J connectivity index is 1.70. The molecule has 1 aliphatic carbocycles. The van der Waals surface area contributed by atoms with E-state index in [9.17, 15) is 9.90 Å². The number of carbonyl (C=O) groups is 1. The van der Waals surface area contributed by atoms with E-state index in [1.54, 1.807) is 0 Å². The molecule has 2 unspecified atom stereocenters. The largest absolute Gasteiger partial charge is 0.396 e. The maximum Gasteiger partial charge on any atom is 0.315 e. The van der Waals surface area contributed by atoms with Crippen LogP contribution in [-0.4, -0.2) is 35.5 Å². The fourth-order valence-corrected chi connectivity index (χ4v) is 3.34. The maximum absolute atomic E-state index is 12.0. The Morgan fingerprint density at radius 3 is 2.78 bits per heavy atom. The topological polar surface area (TPSA) is 87.4 Å². The molecule has 1 aromatic heterocycles. The minimum atomic E-state index is -0.130. The number of aromatic nitrogens is 1. The van der Waals surface area contributed by atoms with Crippen LogP contribution in [0.15, 0.2) is 4.52 Å². The van der Waals surface area contributed by atoms with Crippen molar-refractivity contribution in [1.29, 1.82) is 0 Å². The van der Waals surface area contributed by atoms with Crippen molar-refractivity contribution in [3.05, 3.63) is 17.0 Å². The van der Waals surface area contributed by atoms with E-state index >= 15 is 0 Å². The minimum Gasteiger partial charge on any atom is -0.396 e. The van der Waals surface area contributed by atoms with Gasteiger partial charge in [0.25, 0.3) is 0 Å². The molecule has 2 atom stereocenters. The van der Waals surface area contributed by atoms with E-state index < -0.39 is 0 Å². The van der Waals surface area contributed by atoms with Crippen LogP contribution in [0.2, 0.25) is 0 Å². The third kappa shape index (κ3) is 5.23. The van der Waals surface area contributed by atoms with Gasteiger partial charge in [0.1, 0.15) is 5.76 Å². The number of rotatable bonds is 6. The van der Waals surface area contributed by atoms with Crippen molar-refractivity contribution in [3.63, 3.8) is 0 Å². The molecule has 1 fully saturated rings. The van der Waals surface area contributed by atoms with Crippen molar-refractivity contribution in [2.24, 2.45) is 5.92 Å². The van der Waals surface area contributed by atoms with Gasteiger partial charge in [0.05, 0.1) is 5.69 Å². The SMILES string of the molecule is Cc1noc(C)c1CCCNC(=O)NC1CCCCCC1CO. The fourth-order valence-electron chi connectivity index (χ4n) is 3.34. The second kappa shape index (κ2) is 8.91. The lowest BCUT2D eigenvalue weighted by molar-refractivity contribution is 0.179. The predicted molar refractivity (Wildman–Crippen MR) is 88.3 cm³/mol. The Hall–Kier alpha value is -1.56. The Morgan fingerprint density at radius 1 is 1.30 bits per heavy atom. The zero-order chi connectivity index (χ0) is 16.7. The molecule has 1 aliphatic rings. The monoisotopic (exact) mass is 323 g/mol. The number of amides is 2. The van der Waals surface area contributed by atoms with Crippen molar-refractivity contribution in [1.82, 2.24) is 15.8 Å². The van der Waals surface area contributed by atoms with Gasteiger partial charge in [-0.25, -0.2) is 4.79 Å². The lowest BCUT2D eigenvalue weighted by atomic mass is 9.96. The van der Waals surface area contributed by atoms with E-state index in [0.717, 1.165) is 55.5 Å². The van der Waals surface area contributed by atoms with E-state index in [0.29, 0.717) is 6.54 Å². The van der Waals surface area contributed by atoms with E-state index in [4.69, 9.17) is 4.52 Å². The summed E-state index contributed by atoms with van der Waals surface area (Å²) in [6, 6.07) is -0.0424. The third-order valence-corrected chi connectivity index (χ3v) is 4.78. The molecule has 0 spiro atoms. The molecule has 0 radical (unpaired) electrons. The molecular formula is C17H29N3O3. The van der Waals surface area contributed by atoms with E-state index in [2.05, 4.69) is 15.8 Å². The van der Waals surface area contributed by atoms with Crippen LogP contribution in [0.1, 0.15) is 55.5 Å². The van der Waals surface area contributed by atoms with Gasteiger partial charge in [0, 0.05) is 30.7 Å². The standard InChI is InChI=1S/C17H29N3O3/c1-12-15(13(2)23-20-12)8-6-10-18-17(22)19-16-9-5-3-4-7-14(16)11-21/h14,16,21H,3-11H2,1-2H3,(H2,18,19,22). The Morgan fingerprint density at radius 2 is 2.09 bits per heavy atom. The first-order chi connectivity index (χ1) is 11.1. The lowest BCUT2D eigenvalue weighted by Crippen LogP contribution is -2.46. The summed E-state index contributed by atoms with van der Waals surface area (Å²) in [5.41, 5.74) is 2.06. The van der Waals surface area contributed by atoms with E-state index in [-0.39, 0.29) is 24.6 Å². The third-order valence-electron chi connectivity index (χ3n) is 4.78. The number of urea groups is 1. The van der Waals surface area contributed by atoms with Gasteiger partial charge in [-0.3, -0.25) is 0 Å². The average molecular weight is 323 g/mol. The first-order valence-electron chi connectivity index (χ1n) is 8.68. The second-order valence-corrected chi connectivity index (χ2v) is 6.49. The molecule has 1 aromatic rings. The van der Waals surface area contributed by atoms with Crippen LogP contribution in [0.4, 0.5) is 4.79 Å². The highest BCUT2D eigenvalue weighted by molar-refractivity contribution is 5.74. The maximum atomic E-state index is 12.0. The summed E-state index contributed by atoms with van der Waals surface area (Å²) in [6.45, 7) is 4.62. The molecule has 0 bridgehead atoms. The first-order valence-corrected chi connectivity index (χ1v) is 8.68. The summed E-state index contributed by atoms with van der Waals surface area (Å²) in [5.74, 6) is 1.04. The van der Waals surface area contributed by atoms with E-state index in [1.807, 2.05) is 13.8 Å². The van der Waals surface area contributed by atoms with Gasteiger partial charge in [-0.05, 0) is 39.5 Å². The number of hydrogen-bond donors (Lipinski definition) is 3. The Labute approximate surface area is 138 Å². The summed E-state index contributed by atoms with van der Waals surface area (Å²) < 4.78 is 5.14. The summed E-state index contributed by atoms with van der Waals surface area (Å²) >= 11 is 0. The number of aliphatic hydroxyl groups excluding tert-OH is 1. The highest BCUT2D eigenvalue weighted by atomic mass is 16.5. The van der Waals surface area contributed by atoms with Crippen LogP contribution in [0.25, 0.3) is 0 Å². The summed E-state index contributed by atoms with van der Waals surface area (Å²) in [7, 11) is 0. The lowest BCUT2D eigenvalue weighted by Gasteiger charge is -2.24. The number of carbonyl (C=O) groups excluding carboxylic acids is 1. The van der Waals surface area contributed by atoms with Crippen LogP contribution in [0.5, 0.6) is 0 Å². The number of aryl methyl sites for hydroxylation is 2. The quantitative estimate of drug-likeness (QED) is 0.554. The molecular weight excluding hydrogens is 294 g/mol. The summed E-state index contributed by atoms with van der Waals surface area (Å²) in [6.07, 6.45) is 7.10.